The van der Waals surface area contributed by atoms with Crippen LogP contribution in [0.3, 0.4) is 0 Å². The maximum Gasteiger partial charge on any atom is 0.130 e. The first kappa shape index (κ1) is 12.9. The third-order valence-electron chi connectivity index (χ3n) is 2.84. The summed E-state index contributed by atoms with van der Waals surface area (Å²) in [6.45, 7) is 10.1. The highest BCUT2D eigenvalue weighted by atomic mass is 15.1. The zero-order chi connectivity index (χ0) is 12.3. The van der Waals surface area contributed by atoms with Crippen LogP contribution in [-0.4, -0.2) is 21.5 Å². The van der Waals surface area contributed by atoms with Crippen molar-refractivity contribution >= 4 is 5.82 Å². The van der Waals surface area contributed by atoms with Crippen LogP contribution in [0.1, 0.15) is 39.2 Å². The maximum atomic E-state index is 5.92. The molecule has 0 saturated carbocycles. The van der Waals surface area contributed by atoms with E-state index in [0.29, 0.717) is 0 Å². The average molecular weight is 222 g/mol. The lowest BCUT2D eigenvalue weighted by atomic mass is 9.97. The molecule has 0 amide bonds. The minimum absolute atomic E-state index is 0.0489. The van der Waals surface area contributed by atoms with Gasteiger partial charge in [-0.25, -0.2) is 9.97 Å². The van der Waals surface area contributed by atoms with E-state index in [1.165, 1.54) is 0 Å². The third kappa shape index (κ3) is 3.17. The number of nitrogens with two attached hydrogens (primary N) is 1. The fraction of sp³-hybridized carbons (Fsp3) is 0.667. The van der Waals surface area contributed by atoms with E-state index in [-0.39, 0.29) is 11.6 Å². The van der Waals surface area contributed by atoms with Crippen molar-refractivity contribution in [1.82, 2.24) is 9.97 Å². The summed E-state index contributed by atoms with van der Waals surface area (Å²) in [6.07, 6.45) is 0.913. The van der Waals surface area contributed by atoms with Crippen molar-refractivity contribution in [3.8, 4) is 0 Å². The van der Waals surface area contributed by atoms with Gasteiger partial charge in [0, 0.05) is 23.3 Å². The Morgan fingerprint density at radius 2 is 2.06 bits per heavy atom. The van der Waals surface area contributed by atoms with Crippen LogP contribution in [0.25, 0.3) is 0 Å². The van der Waals surface area contributed by atoms with E-state index in [4.69, 9.17) is 5.73 Å². The quantitative estimate of drug-likeness (QED) is 0.816. The number of nitrogens with one attached hydrogen (secondary N) is 1. The van der Waals surface area contributed by atoms with Crippen molar-refractivity contribution in [3.05, 3.63) is 17.6 Å². The van der Waals surface area contributed by atoms with Crippen LogP contribution in [0.4, 0.5) is 5.82 Å². The second kappa shape index (κ2) is 4.78. The van der Waals surface area contributed by atoms with E-state index in [2.05, 4.69) is 36.1 Å². The number of nitrogens with zero attached hydrogens (tertiary/aromatic N) is 2. The van der Waals surface area contributed by atoms with Gasteiger partial charge >= 0.3 is 0 Å². The first-order valence-corrected chi connectivity index (χ1v) is 5.73. The second-order valence-corrected chi connectivity index (χ2v) is 4.78. The van der Waals surface area contributed by atoms with Crippen LogP contribution < -0.4 is 11.1 Å². The molecule has 4 nitrogen and oxygen atoms in total. The Hall–Kier alpha value is -1.16. The van der Waals surface area contributed by atoms with Crippen molar-refractivity contribution in [2.24, 2.45) is 5.73 Å². The molecule has 16 heavy (non-hydrogen) atoms. The van der Waals surface area contributed by atoms with Crippen LogP contribution in [0.2, 0.25) is 0 Å². The van der Waals surface area contributed by atoms with Crippen LogP contribution in [0, 0.1) is 6.92 Å². The largest absolute Gasteiger partial charge is 0.364 e. The molecule has 0 saturated heterocycles. The van der Waals surface area contributed by atoms with Crippen molar-refractivity contribution in [1.29, 1.82) is 0 Å². The molecule has 0 spiro atoms. The van der Waals surface area contributed by atoms with Gasteiger partial charge in [-0.2, -0.15) is 0 Å². The molecular weight excluding hydrogens is 200 g/mol. The maximum absolute atomic E-state index is 5.92. The van der Waals surface area contributed by atoms with E-state index in [1.54, 1.807) is 0 Å². The second-order valence-electron chi connectivity index (χ2n) is 4.78. The van der Waals surface area contributed by atoms with Crippen LogP contribution in [0.5, 0.6) is 0 Å². The highest BCUT2D eigenvalue weighted by molar-refractivity contribution is 5.39. The van der Waals surface area contributed by atoms with Crippen molar-refractivity contribution in [3.63, 3.8) is 0 Å². The van der Waals surface area contributed by atoms with Gasteiger partial charge in [0.2, 0.25) is 0 Å². The molecule has 3 N–H and O–H groups in total. The molecular formula is C12H22N4. The Morgan fingerprint density at radius 3 is 2.56 bits per heavy atom. The van der Waals surface area contributed by atoms with Crippen LogP contribution >= 0.6 is 0 Å². The van der Waals surface area contributed by atoms with Gasteiger partial charge in [-0.1, -0.05) is 6.92 Å². The molecule has 90 valence electrons. The molecule has 4 heteroatoms. The number of anilines is 1. The Kier molecular flexibility index (Phi) is 3.86. The Labute approximate surface area is 97.7 Å². The van der Waals surface area contributed by atoms with Crippen molar-refractivity contribution in [2.75, 3.05) is 5.32 Å². The van der Waals surface area contributed by atoms with E-state index in [1.807, 2.05) is 19.9 Å². The van der Waals surface area contributed by atoms with E-state index >= 15 is 0 Å². The summed E-state index contributed by atoms with van der Waals surface area (Å²) in [7, 11) is 0. The first-order chi connectivity index (χ1) is 7.35. The Balaban J connectivity index is 2.93. The molecule has 1 rings (SSSR count). The molecule has 1 heterocycles. The van der Waals surface area contributed by atoms with Crippen molar-refractivity contribution < 1.29 is 0 Å². The summed E-state index contributed by atoms with van der Waals surface area (Å²) in [5.41, 5.74) is 6.80. The van der Waals surface area contributed by atoms with Gasteiger partial charge in [0.25, 0.3) is 0 Å². The monoisotopic (exact) mass is 222 g/mol. The van der Waals surface area contributed by atoms with Gasteiger partial charge in [-0.15, -0.1) is 0 Å². The molecule has 1 aromatic rings. The summed E-state index contributed by atoms with van der Waals surface area (Å²) < 4.78 is 0. The van der Waals surface area contributed by atoms with Gasteiger partial charge in [0.05, 0.1) is 0 Å². The van der Waals surface area contributed by atoms with E-state index < -0.39 is 0 Å². The molecule has 1 unspecified atom stereocenters. The first-order valence-electron chi connectivity index (χ1n) is 5.73. The topological polar surface area (TPSA) is 63.8 Å². The number of hydrogen-bond donors (Lipinski definition) is 2. The fourth-order valence-electron chi connectivity index (χ4n) is 1.32. The lowest BCUT2D eigenvalue weighted by Gasteiger charge is -2.31. The highest BCUT2D eigenvalue weighted by Gasteiger charge is 2.23. The standard InChI is InChI=1S/C12H22N4/c1-6-10-7-11(15-9(3)14-10)16-12(4,5)8(2)13/h7-8H,6,13H2,1-5H3,(H,14,15,16). The number of rotatable bonds is 4. The van der Waals surface area contributed by atoms with Gasteiger partial charge < -0.3 is 11.1 Å². The molecule has 0 bridgehead atoms. The molecule has 1 aromatic heterocycles. The van der Waals surface area contributed by atoms with E-state index in [9.17, 15) is 0 Å². The molecule has 0 aromatic carbocycles. The van der Waals surface area contributed by atoms with E-state index in [0.717, 1.165) is 23.8 Å². The van der Waals surface area contributed by atoms with Gasteiger partial charge in [-0.05, 0) is 34.1 Å². The van der Waals surface area contributed by atoms with Crippen LogP contribution in [0.15, 0.2) is 6.07 Å². The lowest BCUT2D eigenvalue weighted by molar-refractivity contribution is 0.469. The number of hydrogen-bond acceptors (Lipinski definition) is 4. The Morgan fingerprint density at radius 1 is 1.44 bits per heavy atom. The highest BCUT2D eigenvalue weighted by Crippen LogP contribution is 2.16. The van der Waals surface area contributed by atoms with Gasteiger partial charge in [0.1, 0.15) is 11.6 Å². The number of aryl methyl sites for hydroxylation is 2. The van der Waals surface area contributed by atoms with Crippen molar-refractivity contribution in [2.45, 2.75) is 52.6 Å². The minimum atomic E-state index is -0.175. The molecule has 0 radical (unpaired) electrons. The molecule has 1 atom stereocenters. The summed E-state index contributed by atoms with van der Waals surface area (Å²) >= 11 is 0. The van der Waals surface area contributed by atoms with Gasteiger partial charge in [0.15, 0.2) is 0 Å². The normalized spacial score (nSPS) is 13.6. The van der Waals surface area contributed by atoms with Crippen LogP contribution in [-0.2, 0) is 6.42 Å². The van der Waals surface area contributed by atoms with Gasteiger partial charge in [-0.3, -0.25) is 0 Å². The summed E-state index contributed by atoms with van der Waals surface area (Å²) in [5.74, 6) is 1.65. The average Bonchev–Trinajstić information content (AvgIpc) is 2.15. The number of aromatic nitrogens is 2. The minimum Gasteiger partial charge on any atom is -0.364 e. The predicted molar refractivity (Wildman–Crippen MR) is 67.5 cm³/mol. The summed E-state index contributed by atoms with van der Waals surface area (Å²) in [5, 5.41) is 3.36. The smallest absolute Gasteiger partial charge is 0.130 e. The third-order valence-corrected chi connectivity index (χ3v) is 2.84. The predicted octanol–water partition coefficient (Wildman–Crippen LogP) is 1.89. The zero-order valence-corrected chi connectivity index (χ0v) is 10.8. The SMILES string of the molecule is CCc1cc(NC(C)(C)C(C)N)nc(C)n1. The fourth-order valence-corrected chi connectivity index (χ4v) is 1.32. The molecule has 0 fully saturated rings. The summed E-state index contributed by atoms with van der Waals surface area (Å²) in [4.78, 5) is 8.72. The molecule has 0 aliphatic heterocycles. The lowest BCUT2D eigenvalue weighted by Crippen LogP contribution is -2.47. The molecule has 0 aliphatic carbocycles. The Bertz CT molecular complexity index is 358. The molecule has 0 aliphatic rings. The zero-order valence-electron chi connectivity index (χ0n) is 10.8. The summed E-state index contributed by atoms with van der Waals surface area (Å²) in [6, 6.07) is 2.03.